The summed E-state index contributed by atoms with van der Waals surface area (Å²) in [6, 6.07) is 0.596. The zero-order valence-electron chi connectivity index (χ0n) is 9.83. The predicted molar refractivity (Wildman–Crippen MR) is 61.5 cm³/mol. The number of nitrogens with two attached hydrogens (primary N) is 1. The van der Waals surface area contributed by atoms with E-state index in [1.165, 1.54) is 19.3 Å². The Morgan fingerprint density at radius 2 is 2.20 bits per heavy atom. The third kappa shape index (κ3) is 4.18. The van der Waals surface area contributed by atoms with Crippen molar-refractivity contribution in [1.29, 1.82) is 0 Å². The first kappa shape index (κ1) is 12.5. The van der Waals surface area contributed by atoms with E-state index in [0.717, 1.165) is 25.6 Å². The molecule has 1 aliphatic rings. The van der Waals surface area contributed by atoms with Gasteiger partial charge in [-0.25, -0.2) is 0 Å². The van der Waals surface area contributed by atoms with Crippen molar-refractivity contribution < 1.29 is 4.79 Å². The highest BCUT2D eigenvalue weighted by Crippen LogP contribution is 2.27. The zero-order valence-corrected chi connectivity index (χ0v) is 9.83. The fraction of sp³-hybridized carbons (Fsp3) is 0.909. The Morgan fingerprint density at radius 1 is 1.53 bits per heavy atom. The van der Waals surface area contributed by atoms with Crippen LogP contribution in [-0.4, -0.2) is 43.0 Å². The molecular weight excluding hydrogens is 190 g/mol. The van der Waals surface area contributed by atoms with Gasteiger partial charge in [-0.1, -0.05) is 6.92 Å². The van der Waals surface area contributed by atoms with Gasteiger partial charge in [-0.3, -0.25) is 4.79 Å². The second-order valence-electron chi connectivity index (χ2n) is 4.30. The number of primary amides is 1. The number of carbonyl (C=O) groups excluding carboxylic acids is 1. The van der Waals surface area contributed by atoms with Crippen molar-refractivity contribution in [2.24, 2.45) is 5.73 Å². The highest BCUT2D eigenvalue weighted by atomic mass is 16.1. The van der Waals surface area contributed by atoms with Crippen molar-refractivity contribution in [3.05, 3.63) is 0 Å². The predicted octanol–water partition coefficient (Wildman–Crippen LogP) is 0.324. The Labute approximate surface area is 92.2 Å². The maximum absolute atomic E-state index is 11.0. The van der Waals surface area contributed by atoms with E-state index < -0.39 is 0 Å². The molecule has 0 radical (unpaired) electrons. The number of carbonyl (C=O) groups is 1. The summed E-state index contributed by atoms with van der Waals surface area (Å²) < 4.78 is 0. The molecule has 1 fully saturated rings. The van der Waals surface area contributed by atoms with Crippen LogP contribution in [-0.2, 0) is 4.79 Å². The van der Waals surface area contributed by atoms with Crippen LogP contribution in [0.25, 0.3) is 0 Å². The lowest BCUT2D eigenvalue weighted by atomic mass is 10.2. The summed E-state index contributed by atoms with van der Waals surface area (Å²) >= 11 is 0. The minimum absolute atomic E-state index is 0.178. The molecular formula is C11H23N3O. The van der Waals surface area contributed by atoms with E-state index in [0.29, 0.717) is 0 Å². The molecule has 0 bridgehead atoms. The number of nitrogens with one attached hydrogen (secondary N) is 1. The lowest BCUT2D eigenvalue weighted by molar-refractivity contribution is -0.120. The maximum atomic E-state index is 11.0. The summed E-state index contributed by atoms with van der Waals surface area (Å²) in [7, 11) is 1.79. The van der Waals surface area contributed by atoms with E-state index in [4.69, 9.17) is 5.73 Å². The Balaban J connectivity index is 2.28. The lowest BCUT2D eigenvalue weighted by Crippen LogP contribution is -2.42. The molecule has 1 saturated carbocycles. The summed E-state index contributed by atoms with van der Waals surface area (Å²) in [6.45, 7) is 4.31. The largest absolute Gasteiger partial charge is 0.368 e. The number of amides is 1. The van der Waals surface area contributed by atoms with Gasteiger partial charge in [0.05, 0.1) is 6.04 Å². The Morgan fingerprint density at radius 3 is 2.60 bits per heavy atom. The molecule has 0 spiro atoms. The van der Waals surface area contributed by atoms with E-state index >= 15 is 0 Å². The first-order valence-corrected chi connectivity index (χ1v) is 5.89. The van der Waals surface area contributed by atoms with Crippen molar-refractivity contribution in [1.82, 2.24) is 10.2 Å². The first-order chi connectivity index (χ1) is 7.19. The van der Waals surface area contributed by atoms with Crippen LogP contribution in [0.2, 0.25) is 0 Å². The van der Waals surface area contributed by atoms with Gasteiger partial charge in [-0.15, -0.1) is 0 Å². The van der Waals surface area contributed by atoms with Gasteiger partial charge in [0.2, 0.25) is 5.91 Å². The van der Waals surface area contributed by atoms with Crippen LogP contribution >= 0.6 is 0 Å². The van der Waals surface area contributed by atoms with Gasteiger partial charge in [0.25, 0.3) is 0 Å². The minimum atomic E-state index is -0.246. The smallest absolute Gasteiger partial charge is 0.234 e. The summed E-state index contributed by atoms with van der Waals surface area (Å²) in [4.78, 5) is 13.5. The molecule has 1 amide bonds. The number of nitrogens with zero attached hydrogens (tertiary/aromatic N) is 1. The molecule has 0 aromatic rings. The standard InChI is InChI=1S/C11H23N3O/c1-3-7-14(9-4-5-9)8-6-10(13-2)11(12)15/h9-10,13H,3-8H2,1-2H3,(H2,12,15). The molecule has 0 aromatic carbocycles. The second kappa shape index (κ2) is 6.08. The fourth-order valence-electron chi connectivity index (χ4n) is 1.93. The van der Waals surface area contributed by atoms with Crippen LogP contribution in [0.5, 0.6) is 0 Å². The normalized spacial score (nSPS) is 18.1. The average molecular weight is 213 g/mol. The third-order valence-electron chi connectivity index (χ3n) is 2.97. The minimum Gasteiger partial charge on any atom is -0.368 e. The van der Waals surface area contributed by atoms with Crippen LogP contribution in [0.3, 0.4) is 0 Å². The van der Waals surface area contributed by atoms with Gasteiger partial charge >= 0.3 is 0 Å². The molecule has 0 heterocycles. The fourth-order valence-corrected chi connectivity index (χ4v) is 1.93. The van der Waals surface area contributed by atoms with Gasteiger partial charge in [-0.05, 0) is 39.3 Å². The molecule has 4 heteroatoms. The van der Waals surface area contributed by atoms with Crippen molar-refractivity contribution in [3.8, 4) is 0 Å². The molecule has 1 rings (SSSR count). The molecule has 3 N–H and O–H groups in total. The number of rotatable bonds is 8. The van der Waals surface area contributed by atoms with E-state index in [9.17, 15) is 4.79 Å². The average Bonchev–Trinajstić information content (AvgIpc) is 3.00. The van der Waals surface area contributed by atoms with Crippen LogP contribution in [0.1, 0.15) is 32.6 Å². The van der Waals surface area contributed by atoms with E-state index in [1.807, 2.05) is 0 Å². The van der Waals surface area contributed by atoms with Gasteiger partial charge in [-0.2, -0.15) is 0 Å². The molecule has 0 aliphatic heterocycles. The molecule has 1 aliphatic carbocycles. The highest BCUT2D eigenvalue weighted by molar-refractivity contribution is 5.79. The maximum Gasteiger partial charge on any atom is 0.234 e. The molecule has 88 valence electrons. The molecule has 1 atom stereocenters. The number of likely N-dealkylation sites (N-methyl/N-ethyl adjacent to an activating group) is 1. The Hall–Kier alpha value is -0.610. The summed E-state index contributed by atoms with van der Waals surface area (Å²) in [5.74, 6) is -0.246. The van der Waals surface area contributed by atoms with Crippen LogP contribution in [0.15, 0.2) is 0 Å². The van der Waals surface area contributed by atoms with Crippen molar-refractivity contribution in [2.45, 2.75) is 44.7 Å². The lowest BCUT2D eigenvalue weighted by Gasteiger charge is -2.23. The SMILES string of the molecule is CCCN(CCC(NC)C(N)=O)C1CC1. The summed E-state index contributed by atoms with van der Waals surface area (Å²) in [6.07, 6.45) is 4.64. The van der Waals surface area contributed by atoms with Crippen LogP contribution < -0.4 is 11.1 Å². The van der Waals surface area contributed by atoms with Crippen LogP contribution in [0, 0.1) is 0 Å². The molecule has 1 unspecified atom stereocenters. The summed E-state index contributed by atoms with van der Waals surface area (Å²) in [5.41, 5.74) is 5.28. The number of hydrogen-bond acceptors (Lipinski definition) is 3. The van der Waals surface area contributed by atoms with Gasteiger partial charge in [0.15, 0.2) is 0 Å². The molecule has 0 saturated heterocycles. The van der Waals surface area contributed by atoms with Crippen LogP contribution in [0.4, 0.5) is 0 Å². The highest BCUT2D eigenvalue weighted by Gasteiger charge is 2.28. The van der Waals surface area contributed by atoms with Crippen molar-refractivity contribution >= 4 is 5.91 Å². The molecule has 0 aromatic heterocycles. The van der Waals surface area contributed by atoms with Gasteiger partial charge < -0.3 is 16.0 Å². The van der Waals surface area contributed by atoms with Gasteiger partial charge in [0, 0.05) is 12.6 Å². The quantitative estimate of drug-likeness (QED) is 0.610. The van der Waals surface area contributed by atoms with E-state index in [2.05, 4.69) is 17.1 Å². The molecule has 4 nitrogen and oxygen atoms in total. The Bertz CT molecular complexity index is 204. The van der Waals surface area contributed by atoms with E-state index in [-0.39, 0.29) is 11.9 Å². The van der Waals surface area contributed by atoms with E-state index in [1.54, 1.807) is 7.05 Å². The second-order valence-corrected chi connectivity index (χ2v) is 4.30. The van der Waals surface area contributed by atoms with Crippen molar-refractivity contribution in [2.75, 3.05) is 20.1 Å². The topological polar surface area (TPSA) is 58.4 Å². The third-order valence-corrected chi connectivity index (χ3v) is 2.97. The zero-order chi connectivity index (χ0) is 11.3. The first-order valence-electron chi connectivity index (χ1n) is 5.89. The molecule has 15 heavy (non-hydrogen) atoms. The summed E-state index contributed by atoms with van der Waals surface area (Å²) in [5, 5.41) is 2.96. The van der Waals surface area contributed by atoms with Gasteiger partial charge in [0.1, 0.15) is 0 Å². The van der Waals surface area contributed by atoms with Crippen molar-refractivity contribution in [3.63, 3.8) is 0 Å². The Kier molecular flexibility index (Phi) is 5.05. The monoisotopic (exact) mass is 213 g/mol. The number of hydrogen-bond donors (Lipinski definition) is 2.